The van der Waals surface area contributed by atoms with Gasteiger partial charge in [-0.25, -0.2) is 9.97 Å². The molecule has 0 spiro atoms. The molecule has 1 aromatic carbocycles. The second-order valence-electron chi connectivity index (χ2n) is 6.16. The molecule has 4 aromatic rings. The van der Waals surface area contributed by atoms with Gasteiger partial charge < -0.3 is 15.0 Å². The van der Waals surface area contributed by atoms with Crippen molar-refractivity contribution in [3.05, 3.63) is 83.8 Å². The number of hydrogen-bond donors (Lipinski definition) is 2. The Hall–Kier alpha value is -2.61. The molecule has 0 bridgehead atoms. The van der Waals surface area contributed by atoms with Gasteiger partial charge in [-0.1, -0.05) is 24.3 Å². The van der Waals surface area contributed by atoms with Crippen LogP contribution >= 0.6 is 22.6 Å². The molecule has 0 unspecified atom stereocenters. The minimum Gasteiger partial charge on any atom is -0.483 e. The van der Waals surface area contributed by atoms with E-state index in [4.69, 9.17) is 4.74 Å². The Balaban J connectivity index is 1.42. The molecule has 3 heterocycles. The van der Waals surface area contributed by atoms with E-state index in [0.717, 1.165) is 34.6 Å². The summed E-state index contributed by atoms with van der Waals surface area (Å²) in [5.74, 6) is 1.76. The number of aromatic nitrogens is 3. The predicted molar refractivity (Wildman–Crippen MR) is 116 cm³/mol. The van der Waals surface area contributed by atoms with Crippen LogP contribution in [0.25, 0.3) is 11.0 Å². The fourth-order valence-electron chi connectivity index (χ4n) is 3.05. The maximum Gasteiger partial charge on any atom is 0.139 e. The van der Waals surface area contributed by atoms with Crippen molar-refractivity contribution in [1.82, 2.24) is 15.0 Å². The van der Waals surface area contributed by atoms with Crippen LogP contribution in [0.2, 0.25) is 0 Å². The van der Waals surface area contributed by atoms with E-state index >= 15 is 0 Å². The fourth-order valence-corrected chi connectivity index (χ4v) is 3.38. The summed E-state index contributed by atoms with van der Waals surface area (Å²) < 4.78 is 6.29. The standard InChI is InChI=1S/C21H19IN4O/c22-14-27-19-6-2-1-4-16(19)12-25-20-8-7-15(11-24-20)10-17-13-26-21-18(17)5-3-9-23-21/h1-9,11,13H,10,12,14H2,(H,23,26)(H,24,25). The smallest absolute Gasteiger partial charge is 0.139 e. The molecule has 3 aromatic heterocycles. The number of nitrogens with zero attached hydrogens (tertiary/aromatic N) is 2. The van der Waals surface area contributed by atoms with Crippen LogP contribution in [0.4, 0.5) is 5.82 Å². The lowest BCUT2D eigenvalue weighted by atomic mass is 10.1. The van der Waals surface area contributed by atoms with Gasteiger partial charge in [-0.15, -0.1) is 0 Å². The van der Waals surface area contributed by atoms with Gasteiger partial charge in [0.05, 0.1) is 0 Å². The molecule has 5 nitrogen and oxygen atoms in total. The van der Waals surface area contributed by atoms with Crippen molar-refractivity contribution in [2.75, 3.05) is 9.93 Å². The van der Waals surface area contributed by atoms with Gasteiger partial charge in [0, 0.05) is 42.5 Å². The molecule has 0 aliphatic heterocycles. The molecule has 4 rings (SSSR count). The molecule has 0 saturated heterocycles. The number of alkyl halides is 1. The maximum absolute atomic E-state index is 5.66. The molecule has 0 atom stereocenters. The minimum absolute atomic E-state index is 0.630. The van der Waals surface area contributed by atoms with Gasteiger partial charge >= 0.3 is 0 Å². The highest BCUT2D eigenvalue weighted by atomic mass is 127. The quantitative estimate of drug-likeness (QED) is 0.297. The number of ether oxygens (including phenoxy) is 1. The van der Waals surface area contributed by atoms with Crippen LogP contribution < -0.4 is 10.1 Å². The van der Waals surface area contributed by atoms with E-state index in [-0.39, 0.29) is 0 Å². The highest BCUT2D eigenvalue weighted by Crippen LogP contribution is 2.21. The van der Waals surface area contributed by atoms with Crippen molar-refractivity contribution >= 4 is 39.4 Å². The Kier molecular flexibility index (Phi) is 5.53. The second-order valence-corrected chi connectivity index (χ2v) is 6.78. The Morgan fingerprint density at radius 1 is 1.00 bits per heavy atom. The lowest BCUT2D eigenvalue weighted by Crippen LogP contribution is -2.04. The van der Waals surface area contributed by atoms with Crippen LogP contribution in [-0.2, 0) is 13.0 Å². The fraction of sp³-hybridized carbons (Fsp3) is 0.143. The Morgan fingerprint density at radius 3 is 2.78 bits per heavy atom. The molecule has 2 N–H and O–H groups in total. The number of para-hydroxylation sites is 1. The molecule has 0 saturated carbocycles. The average molecular weight is 470 g/mol. The monoisotopic (exact) mass is 470 g/mol. The number of hydrogen-bond acceptors (Lipinski definition) is 4. The lowest BCUT2D eigenvalue weighted by Gasteiger charge is -2.11. The zero-order chi connectivity index (χ0) is 18.5. The second kappa shape index (κ2) is 8.39. The van der Waals surface area contributed by atoms with E-state index in [9.17, 15) is 0 Å². The van der Waals surface area contributed by atoms with Gasteiger partial charge in [0.1, 0.15) is 21.8 Å². The Bertz CT molecular complexity index is 1030. The number of anilines is 1. The largest absolute Gasteiger partial charge is 0.483 e. The summed E-state index contributed by atoms with van der Waals surface area (Å²) in [6, 6.07) is 16.2. The first-order valence-electron chi connectivity index (χ1n) is 8.70. The van der Waals surface area contributed by atoms with E-state index in [2.05, 4.69) is 61.1 Å². The van der Waals surface area contributed by atoms with Crippen molar-refractivity contribution in [3.8, 4) is 5.75 Å². The van der Waals surface area contributed by atoms with E-state index in [1.54, 1.807) is 6.20 Å². The van der Waals surface area contributed by atoms with E-state index in [1.165, 1.54) is 11.1 Å². The highest BCUT2D eigenvalue weighted by molar-refractivity contribution is 14.1. The van der Waals surface area contributed by atoms with Crippen molar-refractivity contribution < 1.29 is 4.74 Å². The number of aromatic amines is 1. The van der Waals surface area contributed by atoms with Gasteiger partial charge in [-0.2, -0.15) is 0 Å². The summed E-state index contributed by atoms with van der Waals surface area (Å²) in [4.78, 5) is 12.1. The Morgan fingerprint density at radius 2 is 1.93 bits per heavy atom. The molecule has 136 valence electrons. The number of pyridine rings is 2. The molecule has 27 heavy (non-hydrogen) atoms. The van der Waals surface area contributed by atoms with Gasteiger partial charge in [-0.3, -0.25) is 0 Å². The molecule has 6 heteroatoms. The molecular formula is C21H19IN4O. The molecule has 0 radical (unpaired) electrons. The molecular weight excluding hydrogens is 451 g/mol. The van der Waals surface area contributed by atoms with E-state index < -0.39 is 0 Å². The van der Waals surface area contributed by atoms with Crippen LogP contribution in [0, 0.1) is 0 Å². The van der Waals surface area contributed by atoms with Crippen LogP contribution in [-0.4, -0.2) is 19.6 Å². The maximum atomic E-state index is 5.66. The summed E-state index contributed by atoms with van der Waals surface area (Å²) in [6.45, 7) is 0.674. The summed E-state index contributed by atoms with van der Waals surface area (Å²) in [5.41, 5.74) is 4.43. The third-order valence-electron chi connectivity index (χ3n) is 4.40. The topological polar surface area (TPSA) is 62.8 Å². The third kappa shape index (κ3) is 4.21. The number of benzene rings is 1. The summed E-state index contributed by atoms with van der Waals surface area (Å²) >= 11 is 2.20. The summed E-state index contributed by atoms with van der Waals surface area (Å²) in [6.07, 6.45) is 6.57. The van der Waals surface area contributed by atoms with E-state index in [0.29, 0.717) is 11.2 Å². The van der Waals surface area contributed by atoms with Crippen LogP contribution in [0.3, 0.4) is 0 Å². The number of fused-ring (bicyclic) bond motifs is 1. The van der Waals surface area contributed by atoms with E-state index in [1.807, 2.05) is 42.7 Å². The van der Waals surface area contributed by atoms with Gasteiger partial charge in [0.2, 0.25) is 0 Å². The number of nitrogens with one attached hydrogen (secondary N) is 2. The molecule has 0 fully saturated rings. The number of H-pyrrole nitrogens is 1. The van der Waals surface area contributed by atoms with Crippen LogP contribution in [0.15, 0.2) is 67.1 Å². The number of halogens is 1. The first kappa shape index (κ1) is 17.8. The first-order chi connectivity index (χ1) is 13.3. The zero-order valence-corrected chi connectivity index (χ0v) is 16.8. The third-order valence-corrected chi connectivity index (χ3v) is 4.71. The minimum atomic E-state index is 0.630. The van der Waals surface area contributed by atoms with Gasteiger partial charge in [0.25, 0.3) is 0 Å². The molecule has 0 aliphatic rings. The van der Waals surface area contributed by atoms with Crippen molar-refractivity contribution in [2.24, 2.45) is 0 Å². The first-order valence-corrected chi connectivity index (χ1v) is 10.2. The summed E-state index contributed by atoms with van der Waals surface area (Å²) in [5, 5.41) is 4.52. The number of rotatable bonds is 7. The predicted octanol–water partition coefficient (Wildman–Crippen LogP) is 4.93. The van der Waals surface area contributed by atoms with Crippen molar-refractivity contribution in [2.45, 2.75) is 13.0 Å². The van der Waals surface area contributed by atoms with Crippen LogP contribution in [0.5, 0.6) is 5.75 Å². The average Bonchev–Trinajstić information content (AvgIpc) is 3.12. The van der Waals surface area contributed by atoms with Gasteiger partial charge in [-0.05, 0) is 58.0 Å². The highest BCUT2D eigenvalue weighted by Gasteiger charge is 2.06. The van der Waals surface area contributed by atoms with Crippen molar-refractivity contribution in [1.29, 1.82) is 0 Å². The van der Waals surface area contributed by atoms with Crippen LogP contribution in [0.1, 0.15) is 16.7 Å². The Labute approximate surface area is 171 Å². The SMILES string of the molecule is ICOc1ccccc1CNc1ccc(Cc2c[nH]c3ncccc23)cn1. The zero-order valence-electron chi connectivity index (χ0n) is 14.7. The molecule has 0 aliphatic carbocycles. The van der Waals surface area contributed by atoms with Gasteiger partial charge in [0.15, 0.2) is 0 Å². The normalized spacial score (nSPS) is 10.9. The van der Waals surface area contributed by atoms with Crippen molar-refractivity contribution in [3.63, 3.8) is 0 Å². The summed E-state index contributed by atoms with van der Waals surface area (Å²) in [7, 11) is 0. The molecule has 0 amide bonds. The lowest BCUT2D eigenvalue weighted by molar-refractivity contribution is 0.400.